The highest BCUT2D eigenvalue weighted by Crippen LogP contribution is 2.62. The molecule has 3 aromatic rings. The zero-order valence-electron chi connectivity index (χ0n) is 36.1. The number of aldehydes is 1. The lowest BCUT2D eigenvalue weighted by Crippen LogP contribution is -2.70. The summed E-state index contributed by atoms with van der Waals surface area (Å²) in [6, 6.07) is 18.5. The molecule has 62 heavy (non-hydrogen) atoms. The van der Waals surface area contributed by atoms with Gasteiger partial charge in [0.25, 0.3) is 0 Å². The molecule has 0 spiro atoms. The molecule has 0 radical (unpaired) electrons. The highest BCUT2D eigenvalue weighted by molar-refractivity contribution is 6.03. The van der Waals surface area contributed by atoms with Gasteiger partial charge in [-0.1, -0.05) is 80.1 Å². The maximum atomic E-state index is 15.0. The van der Waals surface area contributed by atoms with E-state index < -0.39 is 17.7 Å². The molecule has 1 aliphatic heterocycles. The minimum atomic E-state index is -1.42. The van der Waals surface area contributed by atoms with E-state index in [1.807, 2.05) is 36.1 Å². The molecule has 2 saturated carbocycles. The predicted molar refractivity (Wildman–Crippen MR) is 237 cm³/mol. The van der Waals surface area contributed by atoms with Gasteiger partial charge in [-0.2, -0.15) is 0 Å². The zero-order valence-corrected chi connectivity index (χ0v) is 36.1. The van der Waals surface area contributed by atoms with Gasteiger partial charge in [-0.15, -0.1) is 6.58 Å². The van der Waals surface area contributed by atoms with E-state index in [0.717, 1.165) is 73.6 Å². The number of oxime groups is 1. The number of aliphatic hydroxyl groups excluding tert-OH is 2. The van der Waals surface area contributed by atoms with E-state index in [9.17, 15) is 19.4 Å². The van der Waals surface area contributed by atoms with E-state index in [1.165, 1.54) is 25.0 Å². The first-order valence-corrected chi connectivity index (χ1v) is 22.8. The fourth-order valence-corrected chi connectivity index (χ4v) is 10.6. The minimum Gasteiger partial charge on any atom is -0.459 e. The first-order valence-electron chi connectivity index (χ1n) is 22.8. The second-order valence-corrected chi connectivity index (χ2v) is 17.3. The summed E-state index contributed by atoms with van der Waals surface area (Å²) < 4.78 is 35.3. The Morgan fingerprint density at radius 3 is 2.47 bits per heavy atom. The third kappa shape index (κ3) is 10.2. The van der Waals surface area contributed by atoms with Crippen molar-refractivity contribution in [3.05, 3.63) is 114 Å². The van der Waals surface area contributed by atoms with Gasteiger partial charge in [-0.3, -0.25) is 9.59 Å². The minimum absolute atomic E-state index is 0.0274. The summed E-state index contributed by atoms with van der Waals surface area (Å²) in [7, 11) is 0. The number of halogens is 1. The van der Waals surface area contributed by atoms with Crippen LogP contribution in [0.1, 0.15) is 118 Å². The Labute approximate surface area is 365 Å². The molecule has 0 saturated heterocycles. The van der Waals surface area contributed by atoms with E-state index in [1.54, 1.807) is 36.4 Å². The molecule has 3 aromatic carbocycles. The van der Waals surface area contributed by atoms with Crippen LogP contribution in [0.3, 0.4) is 0 Å². The SMILES string of the molecule is C=CCOC12Oc3ccc(Oc4cccc(C=O)c4)cc3C3C(CCCCO)C(CCCCO)C=C(C(=NOCC)CC1N(Cc1ccc(F)cc1)C(=O)CCC1CCCC1)C32. The number of carbonyl (C=O) groups is 2. The number of hydrogen-bond donors (Lipinski definition) is 2. The molecule has 10 nitrogen and oxygen atoms in total. The van der Waals surface area contributed by atoms with Crippen LogP contribution in [-0.4, -0.2) is 71.3 Å². The highest BCUT2D eigenvalue weighted by atomic mass is 19.1. The molecular weight excluding hydrogens is 788 g/mol. The van der Waals surface area contributed by atoms with Crippen LogP contribution in [0.15, 0.2) is 96.2 Å². The van der Waals surface area contributed by atoms with Crippen LogP contribution in [0, 0.1) is 29.5 Å². The molecule has 7 rings (SSSR count). The number of allylic oxidation sites excluding steroid dienone is 1. The van der Waals surface area contributed by atoms with Gasteiger partial charge in [-0.25, -0.2) is 4.39 Å². The molecular formula is C51H63FN2O8. The Morgan fingerprint density at radius 2 is 1.74 bits per heavy atom. The van der Waals surface area contributed by atoms with Crippen molar-refractivity contribution in [3.8, 4) is 17.2 Å². The molecule has 1 amide bonds. The average Bonchev–Trinajstić information content (AvgIpc) is 3.82. The highest BCUT2D eigenvalue weighted by Gasteiger charge is 2.65. The summed E-state index contributed by atoms with van der Waals surface area (Å²) >= 11 is 0. The van der Waals surface area contributed by atoms with Crippen molar-refractivity contribution in [1.29, 1.82) is 0 Å². The third-order valence-electron chi connectivity index (χ3n) is 13.4. The van der Waals surface area contributed by atoms with Crippen LogP contribution in [-0.2, 0) is 20.9 Å². The van der Waals surface area contributed by atoms with Crippen molar-refractivity contribution in [1.82, 2.24) is 4.90 Å². The maximum absolute atomic E-state index is 15.0. The Bertz CT molecular complexity index is 2050. The second kappa shape index (κ2) is 21.5. The van der Waals surface area contributed by atoms with Crippen LogP contribution in [0.5, 0.6) is 17.2 Å². The second-order valence-electron chi connectivity index (χ2n) is 17.3. The number of hydrogen-bond acceptors (Lipinski definition) is 9. The number of rotatable bonds is 22. The predicted octanol–water partition coefficient (Wildman–Crippen LogP) is 10.1. The normalized spacial score (nSPS) is 24.7. The topological polar surface area (TPSA) is 127 Å². The quantitative estimate of drug-likeness (QED) is 0.0443. The van der Waals surface area contributed by atoms with Crippen molar-refractivity contribution in [2.45, 2.75) is 115 Å². The molecule has 2 N–H and O–H groups in total. The van der Waals surface area contributed by atoms with Gasteiger partial charge in [0.05, 0.1) is 18.2 Å². The lowest BCUT2D eigenvalue weighted by atomic mass is 9.55. The van der Waals surface area contributed by atoms with E-state index in [0.29, 0.717) is 54.6 Å². The monoisotopic (exact) mass is 850 g/mol. The maximum Gasteiger partial charge on any atom is 0.239 e. The Kier molecular flexibility index (Phi) is 15.7. The summed E-state index contributed by atoms with van der Waals surface area (Å²) in [5.74, 6) is -0.197. The van der Waals surface area contributed by atoms with Crippen LogP contribution in [0.25, 0.3) is 0 Å². The van der Waals surface area contributed by atoms with Crippen molar-refractivity contribution >= 4 is 17.9 Å². The van der Waals surface area contributed by atoms with Gasteiger partial charge in [0.1, 0.15) is 42.0 Å². The summed E-state index contributed by atoms with van der Waals surface area (Å²) in [6.45, 7) is 6.83. The van der Waals surface area contributed by atoms with E-state index in [4.69, 9.17) is 24.2 Å². The fraction of sp³-hybridized carbons (Fsp3) is 0.510. The number of unbranched alkanes of at least 4 members (excludes halogenated alkanes) is 2. The van der Waals surface area contributed by atoms with Crippen LogP contribution < -0.4 is 9.47 Å². The van der Waals surface area contributed by atoms with Crippen molar-refractivity contribution < 1.29 is 43.2 Å². The fourth-order valence-electron chi connectivity index (χ4n) is 10.6. The number of ether oxygens (including phenoxy) is 3. The molecule has 3 aliphatic carbocycles. The number of nitrogens with zero attached hydrogens (tertiary/aromatic N) is 2. The zero-order chi connectivity index (χ0) is 43.5. The smallest absolute Gasteiger partial charge is 0.239 e. The molecule has 1 heterocycles. The van der Waals surface area contributed by atoms with Crippen molar-refractivity contribution in [2.75, 3.05) is 26.4 Å². The Morgan fingerprint density at radius 1 is 0.984 bits per heavy atom. The summed E-state index contributed by atoms with van der Waals surface area (Å²) in [5.41, 5.74) is 3.89. The lowest BCUT2D eigenvalue weighted by Gasteiger charge is -2.60. The standard InChI is InChI=1S/C51H63FN2O8/c1-3-28-59-51-47(54(33-36-18-21-39(52)22-19-36)48(58)25-20-35-12-5-6-13-35)32-45(53-60-4-2)43-30-38(15-7-9-26-55)42(17-8-10-27-56)49(50(43)51)44-31-41(23-24-46(44)62-51)61-40-16-11-14-37(29-40)34-57/h3,11,14,16,18-19,21-24,29-31,34-35,38,42,47,49-50,55-56H,1,4-10,12-13,15,17,20,25-28,32-33H2,2H3. The van der Waals surface area contributed by atoms with Crippen molar-refractivity contribution in [3.63, 3.8) is 0 Å². The molecule has 0 bridgehead atoms. The third-order valence-corrected chi connectivity index (χ3v) is 13.4. The van der Waals surface area contributed by atoms with Gasteiger partial charge in [-0.05, 0) is 110 Å². The first-order chi connectivity index (χ1) is 30.3. The van der Waals surface area contributed by atoms with Crippen molar-refractivity contribution in [2.24, 2.45) is 28.8 Å². The molecule has 332 valence electrons. The summed E-state index contributed by atoms with van der Waals surface area (Å²) in [5, 5.41) is 24.7. The van der Waals surface area contributed by atoms with Gasteiger partial charge < -0.3 is 34.2 Å². The van der Waals surface area contributed by atoms with Gasteiger partial charge >= 0.3 is 0 Å². The van der Waals surface area contributed by atoms with E-state index in [-0.39, 0.29) is 62.3 Å². The first kappa shape index (κ1) is 45.2. The van der Waals surface area contributed by atoms with Gasteiger partial charge in [0.2, 0.25) is 11.7 Å². The molecule has 11 heteroatoms. The number of fused-ring (bicyclic) bond motifs is 2. The van der Waals surface area contributed by atoms with Crippen LogP contribution in [0.2, 0.25) is 0 Å². The molecule has 6 atom stereocenters. The van der Waals surface area contributed by atoms with Gasteiger partial charge in [0.15, 0.2) is 0 Å². The Hall–Kier alpha value is -4.84. The van der Waals surface area contributed by atoms with Gasteiger partial charge in [0, 0.05) is 49.6 Å². The largest absolute Gasteiger partial charge is 0.459 e. The molecule has 6 unspecified atom stereocenters. The summed E-state index contributed by atoms with van der Waals surface area (Å²) in [6.07, 6.45) is 15.4. The average molecular weight is 851 g/mol. The van der Waals surface area contributed by atoms with Crippen LogP contribution >= 0.6 is 0 Å². The summed E-state index contributed by atoms with van der Waals surface area (Å²) in [4.78, 5) is 34.5. The Balaban J connectivity index is 1.43. The van der Waals surface area contributed by atoms with E-state index in [2.05, 4.69) is 12.7 Å². The molecule has 4 aliphatic rings. The molecule has 0 aromatic heterocycles. The number of aliphatic hydroxyl groups is 2. The lowest BCUT2D eigenvalue weighted by molar-refractivity contribution is -0.258. The number of amides is 1. The molecule has 2 fully saturated rings. The van der Waals surface area contributed by atoms with E-state index >= 15 is 4.79 Å². The number of carbonyl (C=O) groups excluding carboxylic acids is 2. The number of benzene rings is 3. The van der Waals surface area contributed by atoms with Crippen LogP contribution in [0.4, 0.5) is 4.39 Å².